The summed E-state index contributed by atoms with van der Waals surface area (Å²) in [6.45, 7) is 1.81. The van der Waals surface area contributed by atoms with E-state index in [2.05, 4.69) is 17.6 Å². The number of thiol groups is 1. The molecule has 0 aromatic heterocycles. The van der Waals surface area contributed by atoms with E-state index in [9.17, 15) is 4.79 Å². The lowest BCUT2D eigenvalue weighted by Crippen LogP contribution is -2.25. The van der Waals surface area contributed by atoms with Gasteiger partial charge in [0.1, 0.15) is 0 Å². The smallest absolute Gasteiger partial charge is 0.308 e. The summed E-state index contributed by atoms with van der Waals surface area (Å²) in [4.78, 5) is 14.5. The average molecular weight is 237 g/mol. The first-order valence-corrected chi connectivity index (χ1v) is 5.69. The number of guanidine groups is 1. The molecule has 0 aliphatic heterocycles. The van der Waals surface area contributed by atoms with Crippen LogP contribution in [0.3, 0.4) is 0 Å². The SMILES string of the molecule is CC(N=C(N)N)SCC(CS)C(=O)O. The van der Waals surface area contributed by atoms with Gasteiger partial charge in [0, 0.05) is 11.5 Å². The molecule has 82 valence electrons. The molecule has 0 heterocycles. The number of rotatable bonds is 6. The fourth-order valence-corrected chi connectivity index (χ4v) is 2.13. The van der Waals surface area contributed by atoms with E-state index in [-0.39, 0.29) is 11.3 Å². The molecule has 0 aromatic carbocycles. The molecule has 0 radical (unpaired) electrons. The number of thioether (sulfide) groups is 1. The summed E-state index contributed by atoms with van der Waals surface area (Å²) in [5.41, 5.74) is 10.4. The van der Waals surface area contributed by atoms with E-state index in [0.717, 1.165) is 0 Å². The van der Waals surface area contributed by atoms with Crippen molar-refractivity contribution in [1.29, 1.82) is 0 Å². The number of aliphatic imine (C=N–C) groups is 1. The molecular formula is C7H15N3O2S2. The second-order valence-corrected chi connectivity index (χ2v) is 4.42. The summed E-state index contributed by atoms with van der Waals surface area (Å²) >= 11 is 5.34. The number of carboxylic acid groups (broad SMARTS) is 1. The second-order valence-electron chi connectivity index (χ2n) is 2.70. The molecule has 14 heavy (non-hydrogen) atoms. The van der Waals surface area contributed by atoms with E-state index in [1.165, 1.54) is 11.8 Å². The lowest BCUT2D eigenvalue weighted by atomic mass is 10.2. The Labute approximate surface area is 92.7 Å². The summed E-state index contributed by atoms with van der Waals surface area (Å²) < 4.78 is 0. The van der Waals surface area contributed by atoms with Crippen LogP contribution in [0.5, 0.6) is 0 Å². The zero-order chi connectivity index (χ0) is 11.1. The standard InChI is InChI=1S/C7H15N3O2S2/c1-4(10-7(8)9)14-3-5(2-13)6(11)12/h4-5,13H,2-3H2,1H3,(H,11,12)(H4,8,9,10). The summed E-state index contributed by atoms with van der Waals surface area (Å²) in [6.07, 6.45) is 0. The van der Waals surface area contributed by atoms with Gasteiger partial charge in [-0.15, -0.1) is 11.8 Å². The van der Waals surface area contributed by atoms with E-state index in [1.807, 2.05) is 6.92 Å². The molecule has 0 aliphatic carbocycles. The summed E-state index contributed by atoms with van der Waals surface area (Å²) in [5.74, 6) is -0.514. The van der Waals surface area contributed by atoms with Crippen molar-refractivity contribution < 1.29 is 9.90 Å². The maximum Gasteiger partial charge on any atom is 0.308 e. The molecule has 2 unspecified atom stereocenters. The summed E-state index contributed by atoms with van der Waals surface area (Å²) in [6, 6.07) is 0. The third-order valence-corrected chi connectivity index (χ3v) is 3.06. The number of carbonyl (C=O) groups is 1. The van der Waals surface area contributed by atoms with Crippen molar-refractivity contribution in [2.45, 2.75) is 12.3 Å². The summed E-state index contributed by atoms with van der Waals surface area (Å²) in [7, 11) is 0. The third kappa shape index (κ3) is 5.98. The van der Waals surface area contributed by atoms with Crippen LogP contribution >= 0.6 is 24.4 Å². The molecule has 5 nitrogen and oxygen atoms in total. The van der Waals surface area contributed by atoms with Crippen LogP contribution in [0.15, 0.2) is 4.99 Å². The number of aliphatic carboxylic acids is 1. The molecule has 5 N–H and O–H groups in total. The summed E-state index contributed by atoms with van der Waals surface area (Å²) in [5, 5.41) is 8.60. The minimum Gasteiger partial charge on any atom is -0.481 e. The van der Waals surface area contributed by atoms with Gasteiger partial charge in [-0.2, -0.15) is 12.6 Å². The van der Waals surface area contributed by atoms with Gasteiger partial charge in [-0.3, -0.25) is 4.79 Å². The van der Waals surface area contributed by atoms with Crippen molar-refractivity contribution in [2.24, 2.45) is 22.4 Å². The molecule has 0 spiro atoms. The first kappa shape index (κ1) is 13.4. The Kier molecular flexibility index (Phi) is 6.56. The van der Waals surface area contributed by atoms with Gasteiger partial charge in [-0.05, 0) is 6.92 Å². The van der Waals surface area contributed by atoms with Crippen LogP contribution in [-0.4, -0.2) is 33.9 Å². The normalized spacial score (nSPS) is 14.4. The second kappa shape index (κ2) is 6.83. The molecule has 0 saturated carbocycles. The van der Waals surface area contributed by atoms with E-state index < -0.39 is 11.9 Å². The molecular weight excluding hydrogens is 222 g/mol. The first-order chi connectivity index (χ1) is 6.47. The van der Waals surface area contributed by atoms with Gasteiger partial charge in [-0.25, -0.2) is 4.99 Å². The zero-order valence-electron chi connectivity index (χ0n) is 7.88. The van der Waals surface area contributed by atoms with Crippen LogP contribution in [0.25, 0.3) is 0 Å². The topological polar surface area (TPSA) is 102 Å². The molecule has 0 bridgehead atoms. The Morgan fingerprint density at radius 2 is 2.21 bits per heavy atom. The molecule has 7 heteroatoms. The Bertz CT molecular complexity index is 219. The number of hydrogen-bond donors (Lipinski definition) is 4. The highest BCUT2D eigenvalue weighted by atomic mass is 32.2. The van der Waals surface area contributed by atoms with Crippen LogP contribution in [-0.2, 0) is 4.79 Å². The fourth-order valence-electron chi connectivity index (χ4n) is 0.705. The van der Waals surface area contributed by atoms with Crippen LogP contribution < -0.4 is 11.5 Å². The quantitative estimate of drug-likeness (QED) is 0.295. The minimum atomic E-state index is -0.843. The van der Waals surface area contributed by atoms with E-state index in [4.69, 9.17) is 16.6 Å². The lowest BCUT2D eigenvalue weighted by molar-refractivity contribution is -0.140. The lowest BCUT2D eigenvalue weighted by Gasteiger charge is -2.11. The highest BCUT2D eigenvalue weighted by molar-refractivity contribution is 7.99. The zero-order valence-corrected chi connectivity index (χ0v) is 9.59. The van der Waals surface area contributed by atoms with Crippen molar-refractivity contribution in [2.75, 3.05) is 11.5 Å². The van der Waals surface area contributed by atoms with Crippen LogP contribution in [0, 0.1) is 5.92 Å². The average Bonchev–Trinajstić information content (AvgIpc) is 2.03. The number of carboxylic acids is 1. The van der Waals surface area contributed by atoms with E-state index in [1.54, 1.807) is 0 Å². The van der Waals surface area contributed by atoms with E-state index in [0.29, 0.717) is 11.5 Å². The number of hydrogen-bond acceptors (Lipinski definition) is 4. The Hall–Kier alpha value is -0.560. The largest absolute Gasteiger partial charge is 0.481 e. The Morgan fingerprint density at radius 3 is 2.57 bits per heavy atom. The highest BCUT2D eigenvalue weighted by Gasteiger charge is 2.16. The van der Waals surface area contributed by atoms with Crippen molar-refractivity contribution in [3.8, 4) is 0 Å². The maximum atomic E-state index is 10.6. The van der Waals surface area contributed by atoms with Gasteiger partial charge in [-0.1, -0.05) is 0 Å². The minimum absolute atomic E-state index is 0.0164. The van der Waals surface area contributed by atoms with Gasteiger partial charge >= 0.3 is 5.97 Å². The van der Waals surface area contributed by atoms with Crippen molar-refractivity contribution in [3.05, 3.63) is 0 Å². The molecule has 0 rings (SSSR count). The van der Waals surface area contributed by atoms with Gasteiger partial charge in [0.25, 0.3) is 0 Å². The predicted octanol–water partition coefficient (Wildman–Crippen LogP) is -0.0304. The van der Waals surface area contributed by atoms with Crippen LogP contribution in [0.4, 0.5) is 0 Å². The van der Waals surface area contributed by atoms with Gasteiger partial charge in [0.05, 0.1) is 11.3 Å². The molecule has 0 aromatic rings. The number of nitrogens with two attached hydrogens (primary N) is 2. The van der Waals surface area contributed by atoms with Crippen molar-refractivity contribution in [3.63, 3.8) is 0 Å². The van der Waals surface area contributed by atoms with Crippen LogP contribution in [0.2, 0.25) is 0 Å². The maximum absolute atomic E-state index is 10.6. The fraction of sp³-hybridized carbons (Fsp3) is 0.714. The third-order valence-electron chi connectivity index (χ3n) is 1.44. The van der Waals surface area contributed by atoms with Gasteiger partial charge < -0.3 is 16.6 Å². The Balaban J connectivity index is 3.91. The molecule has 0 aliphatic rings. The van der Waals surface area contributed by atoms with Crippen molar-refractivity contribution in [1.82, 2.24) is 0 Å². The highest BCUT2D eigenvalue weighted by Crippen LogP contribution is 2.16. The monoisotopic (exact) mass is 237 g/mol. The first-order valence-electron chi connectivity index (χ1n) is 4.01. The molecule has 0 fully saturated rings. The molecule has 0 saturated heterocycles. The Morgan fingerprint density at radius 1 is 1.64 bits per heavy atom. The molecule has 0 amide bonds. The van der Waals surface area contributed by atoms with Gasteiger partial charge in [0.15, 0.2) is 5.96 Å². The van der Waals surface area contributed by atoms with E-state index >= 15 is 0 Å². The molecule has 2 atom stereocenters. The van der Waals surface area contributed by atoms with Crippen molar-refractivity contribution >= 4 is 36.3 Å². The van der Waals surface area contributed by atoms with Gasteiger partial charge in [0.2, 0.25) is 0 Å². The number of nitrogens with zero attached hydrogens (tertiary/aromatic N) is 1. The van der Waals surface area contributed by atoms with Crippen LogP contribution in [0.1, 0.15) is 6.92 Å². The predicted molar refractivity (Wildman–Crippen MR) is 62.7 cm³/mol.